The van der Waals surface area contributed by atoms with Gasteiger partial charge in [0.1, 0.15) is 11.6 Å². The third-order valence-electron chi connectivity index (χ3n) is 5.21. The van der Waals surface area contributed by atoms with Crippen molar-refractivity contribution in [2.45, 2.75) is 18.7 Å². The maximum absolute atomic E-state index is 13.4. The normalized spacial score (nSPS) is 19.8. The number of halogens is 5. The Kier molecular flexibility index (Phi) is 5.06. The van der Waals surface area contributed by atoms with Crippen LogP contribution in [0.15, 0.2) is 59.7 Å². The Labute approximate surface area is 192 Å². The molecule has 0 aromatic heterocycles. The van der Waals surface area contributed by atoms with Crippen LogP contribution in [0, 0.1) is 5.82 Å². The minimum absolute atomic E-state index is 0.165. The first-order valence-electron chi connectivity index (χ1n) is 9.13. The number of fused-ring (bicyclic) bond motifs is 3. The topological polar surface area (TPSA) is 24.8 Å². The highest BCUT2D eigenvalue weighted by Gasteiger charge is 2.42. The molecule has 0 spiro atoms. The maximum atomic E-state index is 13.4. The van der Waals surface area contributed by atoms with Crippen molar-refractivity contribution < 1.29 is 9.13 Å². The van der Waals surface area contributed by atoms with E-state index in [-0.39, 0.29) is 11.9 Å². The Morgan fingerprint density at radius 2 is 1.60 bits per heavy atom. The molecule has 2 heterocycles. The SMILES string of the molecule is Fc1ccc(C2=NN3C(C2)c2cc(Cl)cc(Cl)c2OC3c2ccc(Cl)cc2Cl)cc1. The summed E-state index contributed by atoms with van der Waals surface area (Å²) in [6, 6.07) is 14.8. The van der Waals surface area contributed by atoms with Crippen molar-refractivity contribution >= 4 is 52.1 Å². The Morgan fingerprint density at radius 1 is 0.867 bits per heavy atom. The largest absolute Gasteiger partial charge is 0.463 e. The van der Waals surface area contributed by atoms with Gasteiger partial charge in [0, 0.05) is 27.6 Å². The van der Waals surface area contributed by atoms with Crippen molar-refractivity contribution in [2.24, 2.45) is 5.10 Å². The lowest BCUT2D eigenvalue weighted by atomic mass is 9.96. The quantitative estimate of drug-likeness (QED) is 0.374. The predicted octanol–water partition coefficient (Wildman–Crippen LogP) is 7.68. The summed E-state index contributed by atoms with van der Waals surface area (Å²) in [7, 11) is 0. The van der Waals surface area contributed by atoms with Crippen LogP contribution in [0.5, 0.6) is 5.75 Å². The maximum Gasteiger partial charge on any atom is 0.215 e. The summed E-state index contributed by atoms with van der Waals surface area (Å²) in [6.07, 6.45) is -0.0238. The second-order valence-corrected chi connectivity index (χ2v) is 8.78. The van der Waals surface area contributed by atoms with Gasteiger partial charge in [0.2, 0.25) is 6.23 Å². The fraction of sp³-hybridized carbons (Fsp3) is 0.136. The molecule has 0 amide bonds. The minimum Gasteiger partial charge on any atom is -0.463 e. The standard InChI is InChI=1S/C22H13Cl4FN2O/c23-12-3-6-15(17(25)8-12)22-29-20(16-7-13(24)9-18(26)21(16)30-22)10-19(28-29)11-1-4-14(27)5-2-11/h1-9,20,22H,10H2. The molecule has 0 radical (unpaired) electrons. The van der Waals surface area contributed by atoms with Gasteiger partial charge in [-0.25, -0.2) is 9.40 Å². The second kappa shape index (κ2) is 7.61. The van der Waals surface area contributed by atoms with Crippen LogP contribution in [0.25, 0.3) is 0 Å². The molecule has 0 bridgehead atoms. The zero-order chi connectivity index (χ0) is 21.0. The second-order valence-electron chi connectivity index (χ2n) is 7.10. The molecular weight excluding hydrogens is 469 g/mol. The summed E-state index contributed by atoms with van der Waals surface area (Å²) in [5, 5.41) is 8.59. The zero-order valence-corrected chi connectivity index (χ0v) is 18.3. The van der Waals surface area contributed by atoms with Crippen LogP contribution in [-0.4, -0.2) is 10.7 Å². The van der Waals surface area contributed by atoms with E-state index < -0.39 is 6.23 Å². The van der Waals surface area contributed by atoms with Crippen LogP contribution in [-0.2, 0) is 0 Å². The van der Waals surface area contributed by atoms with Gasteiger partial charge in [0.05, 0.1) is 21.8 Å². The summed E-state index contributed by atoms with van der Waals surface area (Å²) in [6.45, 7) is 0. The van der Waals surface area contributed by atoms with Crippen molar-refractivity contribution in [1.29, 1.82) is 0 Å². The zero-order valence-electron chi connectivity index (χ0n) is 15.3. The number of hydrogen-bond acceptors (Lipinski definition) is 3. The first-order chi connectivity index (χ1) is 14.4. The van der Waals surface area contributed by atoms with Crippen LogP contribution in [0.4, 0.5) is 4.39 Å². The van der Waals surface area contributed by atoms with Gasteiger partial charge >= 0.3 is 0 Å². The molecule has 0 fully saturated rings. The van der Waals surface area contributed by atoms with Crippen LogP contribution < -0.4 is 4.74 Å². The van der Waals surface area contributed by atoms with Crippen molar-refractivity contribution in [3.05, 3.63) is 97.2 Å². The van der Waals surface area contributed by atoms with E-state index in [1.54, 1.807) is 30.3 Å². The third kappa shape index (κ3) is 3.42. The molecule has 3 nitrogen and oxygen atoms in total. The Morgan fingerprint density at radius 3 is 2.33 bits per heavy atom. The molecule has 2 unspecified atom stereocenters. The Bertz CT molecular complexity index is 1180. The highest BCUT2D eigenvalue weighted by atomic mass is 35.5. The Hall–Kier alpha value is -1.98. The number of nitrogens with zero attached hydrogens (tertiary/aromatic N) is 2. The smallest absolute Gasteiger partial charge is 0.215 e. The van der Waals surface area contributed by atoms with Crippen molar-refractivity contribution in [3.63, 3.8) is 0 Å². The highest BCUT2D eigenvalue weighted by molar-refractivity contribution is 6.36. The Balaban J connectivity index is 1.64. The van der Waals surface area contributed by atoms with Crippen molar-refractivity contribution in [2.75, 3.05) is 0 Å². The number of benzene rings is 3. The van der Waals surface area contributed by atoms with E-state index in [9.17, 15) is 4.39 Å². The van der Waals surface area contributed by atoms with Gasteiger partial charge in [-0.3, -0.25) is 0 Å². The lowest BCUT2D eigenvalue weighted by molar-refractivity contribution is -0.0188. The fourth-order valence-electron chi connectivity index (χ4n) is 3.84. The number of hydrazone groups is 1. The van der Waals surface area contributed by atoms with E-state index in [2.05, 4.69) is 0 Å². The first-order valence-corrected chi connectivity index (χ1v) is 10.6. The summed E-state index contributed by atoms with van der Waals surface area (Å²) in [5.41, 5.74) is 3.20. The van der Waals surface area contributed by atoms with E-state index in [0.717, 1.165) is 16.8 Å². The van der Waals surface area contributed by atoms with E-state index in [4.69, 9.17) is 56.2 Å². The number of hydrogen-bond donors (Lipinski definition) is 0. The van der Waals surface area contributed by atoms with E-state index in [0.29, 0.717) is 37.8 Å². The van der Waals surface area contributed by atoms with E-state index in [1.165, 1.54) is 12.1 Å². The number of ether oxygens (including phenoxy) is 1. The molecule has 3 aromatic carbocycles. The molecule has 0 saturated heterocycles. The molecule has 152 valence electrons. The number of rotatable bonds is 2. The third-order valence-corrected chi connectivity index (χ3v) is 6.28. The molecule has 30 heavy (non-hydrogen) atoms. The summed E-state index contributed by atoms with van der Waals surface area (Å²) < 4.78 is 19.7. The van der Waals surface area contributed by atoms with Crippen LogP contribution in [0.3, 0.4) is 0 Å². The lowest BCUT2D eigenvalue weighted by Gasteiger charge is -2.39. The lowest BCUT2D eigenvalue weighted by Crippen LogP contribution is -2.34. The molecule has 8 heteroatoms. The molecule has 2 atom stereocenters. The average molecular weight is 482 g/mol. The molecule has 2 aliphatic rings. The van der Waals surface area contributed by atoms with Gasteiger partial charge in [-0.1, -0.05) is 64.6 Å². The predicted molar refractivity (Wildman–Crippen MR) is 118 cm³/mol. The van der Waals surface area contributed by atoms with Crippen LogP contribution in [0.1, 0.15) is 35.4 Å². The summed E-state index contributed by atoms with van der Waals surface area (Å²) in [4.78, 5) is 0. The summed E-state index contributed by atoms with van der Waals surface area (Å²) >= 11 is 25.3. The molecule has 0 saturated carbocycles. The van der Waals surface area contributed by atoms with E-state index in [1.807, 2.05) is 17.1 Å². The van der Waals surface area contributed by atoms with Gasteiger partial charge in [-0.2, -0.15) is 5.10 Å². The minimum atomic E-state index is -0.608. The van der Waals surface area contributed by atoms with Crippen molar-refractivity contribution in [1.82, 2.24) is 5.01 Å². The van der Waals surface area contributed by atoms with Crippen molar-refractivity contribution in [3.8, 4) is 5.75 Å². The van der Waals surface area contributed by atoms with Gasteiger partial charge in [-0.05, 0) is 42.0 Å². The van der Waals surface area contributed by atoms with Crippen LogP contribution >= 0.6 is 46.4 Å². The van der Waals surface area contributed by atoms with Gasteiger partial charge in [0.15, 0.2) is 0 Å². The van der Waals surface area contributed by atoms with Gasteiger partial charge in [0.25, 0.3) is 0 Å². The van der Waals surface area contributed by atoms with Gasteiger partial charge < -0.3 is 4.74 Å². The van der Waals surface area contributed by atoms with E-state index >= 15 is 0 Å². The fourth-order valence-corrected chi connectivity index (χ4v) is 4.89. The first kappa shape index (κ1) is 20.0. The average Bonchev–Trinajstić information content (AvgIpc) is 3.14. The molecule has 0 aliphatic carbocycles. The molecular formula is C22H13Cl4FN2O. The molecule has 2 aliphatic heterocycles. The van der Waals surface area contributed by atoms with Crippen LogP contribution in [0.2, 0.25) is 20.1 Å². The molecule has 3 aromatic rings. The van der Waals surface area contributed by atoms with Gasteiger partial charge in [-0.15, -0.1) is 0 Å². The molecule has 0 N–H and O–H groups in total. The highest BCUT2D eigenvalue weighted by Crippen LogP contribution is 2.51. The summed E-state index contributed by atoms with van der Waals surface area (Å²) in [5.74, 6) is 0.252. The molecule has 5 rings (SSSR count). The monoisotopic (exact) mass is 480 g/mol.